The number of aromatic nitrogens is 3. The van der Waals surface area contributed by atoms with Crippen LogP contribution >= 0.6 is 11.8 Å². The van der Waals surface area contributed by atoms with Crippen molar-refractivity contribution in [3.05, 3.63) is 53.5 Å². The van der Waals surface area contributed by atoms with E-state index in [9.17, 15) is 0 Å². The maximum atomic E-state index is 5.91. The third kappa shape index (κ3) is 3.63. The van der Waals surface area contributed by atoms with Crippen LogP contribution in [0.4, 0.5) is 0 Å². The van der Waals surface area contributed by atoms with Crippen LogP contribution in [-0.4, -0.2) is 27.4 Å². The third-order valence-electron chi connectivity index (χ3n) is 5.67. The number of rotatable bonds is 6. The van der Waals surface area contributed by atoms with Crippen molar-refractivity contribution in [1.82, 2.24) is 14.7 Å². The molecule has 0 saturated carbocycles. The van der Waals surface area contributed by atoms with Crippen molar-refractivity contribution in [2.45, 2.75) is 62.1 Å². The lowest BCUT2D eigenvalue weighted by Gasteiger charge is -2.16. The molecule has 0 spiro atoms. The summed E-state index contributed by atoms with van der Waals surface area (Å²) in [6, 6.07) is 10.5. The highest BCUT2D eigenvalue weighted by Crippen LogP contribution is 2.32. The Morgan fingerprint density at radius 3 is 2.86 bits per heavy atom. The highest BCUT2D eigenvalue weighted by molar-refractivity contribution is 7.98. The quantitative estimate of drug-likeness (QED) is 0.556. The molecule has 5 nitrogen and oxygen atoms in total. The van der Waals surface area contributed by atoms with E-state index in [1.165, 1.54) is 24.0 Å². The summed E-state index contributed by atoms with van der Waals surface area (Å²) < 4.78 is 13.8. The summed E-state index contributed by atoms with van der Waals surface area (Å²) >= 11 is 1.75. The number of fused-ring (bicyclic) bond motifs is 1. The summed E-state index contributed by atoms with van der Waals surface area (Å²) in [5.41, 5.74) is 4.77. The first-order valence-electron chi connectivity index (χ1n) is 10.2. The van der Waals surface area contributed by atoms with Crippen LogP contribution in [0.3, 0.4) is 0 Å². The summed E-state index contributed by atoms with van der Waals surface area (Å²) in [4.78, 5) is 4.76. The maximum absolute atomic E-state index is 5.91. The molecule has 1 saturated heterocycles. The number of aryl methyl sites for hydroxylation is 1. The molecule has 1 fully saturated rings. The second kappa shape index (κ2) is 8.13. The molecule has 3 heterocycles. The van der Waals surface area contributed by atoms with Crippen LogP contribution in [-0.2, 0) is 29.9 Å². The number of imidazole rings is 1. The molecule has 146 valence electrons. The standard InChI is InChI=1S/C22H25N3O2S/c1-2-7-16(8-3-1)20-13-23-22(25(20)14-17-9-6-12-26-17)28-15-19-18-10-4-5-11-21(18)27-24-19/h1-3,7-8,13,17H,4-6,9-12,14-15H2. The second-order valence-corrected chi connectivity index (χ2v) is 8.51. The van der Waals surface area contributed by atoms with Gasteiger partial charge >= 0.3 is 0 Å². The number of nitrogens with zero attached hydrogens (tertiary/aromatic N) is 3. The van der Waals surface area contributed by atoms with Gasteiger partial charge in [-0.25, -0.2) is 4.98 Å². The normalized spacial score (nSPS) is 19.1. The molecule has 3 aromatic rings. The van der Waals surface area contributed by atoms with E-state index in [0.717, 1.165) is 66.9 Å². The lowest BCUT2D eigenvalue weighted by Crippen LogP contribution is -2.16. The zero-order valence-electron chi connectivity index (χ0n) is 16.0. The molecule has 2 aliphatic rings. The average Bonchev–Trinajstić information content (AvgIpc) is 3.48. The van der Waals surface area contributed by atoms with E-state index in [1.54, 1.807) is 11.8 Å². The highest BCUT2D eigenvalue weighted by Gasteiger charge is 2.23. The molecular formula is C22H25N3O2S. The Bertz CT molecular complexity index is 929. The van der Waals surface area contributed by atoms with Crippen molar-refractivity contribution >= 4 is 11.8 Å². The minimum atomic E-state index is 0.274. The van der Waals surface area contributed by atoms with Gasteiger partial charge in [0.2, 0.25) is 0 Å². The molecule has 28 heavy (non-hydrogen) atoms. The van der Waals surface area contributed by atoms with E-state index >= 15 is 0 Å². The molecule has 1 aliphatic heterocycles. The Balaban J connectivity index is 1.40. The fourth-order valence-electron chi connectivity index (χ4n) is 4.18. The first-order valence-corrected chi connectivity index (χ1v) is 11.2. The van der Waals surface area contributed by atoms with E-state index in [4.69, 9.17) is 14.2 Å². The van der Waals surface area contributed by atoms with Gasteiger partial charge in [-0.2, -0.15) is 0 Å². The molecule has 0 amide bonds. The largest absolute Gasteiger partial charge is 0.376 e. The fraction of sp³-hybridized carbons (Fsp3) is 0.455. The Kier molecular flexibility index (Phi) is 5.23. The SMILES string of the molecule is c1ccc(-c2cnc(SCc3noc4c3CCCC4)n2CC2CCCO2)cc1. The smallest absolute Gasteiger partial charge is 0.168 e. The zero-order valence-corrected chi connectivity index (χ0v) is 16.8. The molecule has 0 radical (unpaired) electrons. The van der Waals surface area contributed by atoms with Crippen molar-refractivity contribution in [2.75, 3.05) is 6.61 Å². The van der Waals surface area contributed by atoms with E-state index < -0.39 is 0 Å². The topological polar surface area (TPSA) is 53.1 Å². The number of thioether (sulfide) groups is 1. The van der Waals surface area contributed by atoms with Gasteiger partial charge in [0.25, 0.3) is 0 Å². The van der Waals surface area contributed by atoms with Gasteiger partial charge in [-0.3, -0.25) is 0 Å². The van der Waals surface area contributed by atoms with Gasteiger partial charge in [0.15, 0.2) is 5.16 Å². The van der Waals surface area contributed by atoms with E-state index in [-0.39, 0.29) is 6.10 Å². The Morgan fingerprint density at radius 1 is 1.11 bits per heavy atom. The predicted molar refractivity (Wildman–Crippen MR) is 109 cm³/mol. The van der Waals surface area contributed by atoms with Gasteiger partial charge in [0, 0.05) is 24.3 Å². The van der Waals surface area contributed by atoms with Gasteiger partial charge in [-0.1, -0.05) is 47.3 Å². The Hall–Kier alpha value is -2.05. The molecule has 0 bridgehead atoms. The molecule has 1 atom stereocenters. The summed E-state index contributed by atoms with van der Waals surface area (Å²) in [5.74, 6) is 1.89. The maximum Gasteiger partial charge on any atom is 0.168 e. The van der Waals surface area contributed by atoms with E-state index in [2.05, 4.69) is 34.0 Å². The van der Waals surface area contributed by atoms with Gasteiger partial charge in [-0.05, 0) is 37.7 Å². The molecule has 1 aliphatic carbocycles. The van der Waals surface area contributed by atoms with Crippen molar-refractivity contribution in [1.29, 1.82) is 0 Å². The fourth-order valence-corrected chi connectivity index (χ4v) is 5.13. The van der Waals surface area contributed by atoms with Crippen LogP contribution in [0.1, 0.15) is 42.7 Å². The molecule has 5 rings (SSSR count). The van der Waals surface area contributed by atoms with Crippen molar-refractivity contribution in [3.63, 3.8) is 0 Å². The van der Waals surface area contributed by atoms with Crippen LogP contribution in [0.5, 0.6) is 0 Å². The summed E-state index contributed by atoms with van der Waals surface area (Å²) in [5, 5.41) is 5.38. The minimum absolute atomic E-state index is 0.274. The third-order valence-corrected chi connectivity index (χ3v) is 6.67. The summed E-state index contributed by atoms with van der Waals surface area (Å²) in [6.07, 6.45) is 9.09. The van der Waals surface area contributed by atoms with Crippen molar-refractivity contribution in [2.24, 2.45) is 0 Å². The Labute approximate surface area is 169 Å². The lowest BCUT2D eigenvalue weighted by molar-refractivity contribution is 0.0954. The molecule has 1 unspecified atom stereocenters. The number of hydrogen-bond acceptors (Lipinski definition) is 5. The summed E-state index contributed by atoms with van der Waals surface area (Å²) in [6.45, 7) is 1.72. The Morgan fingerprint density at radius 2 is 2.00 bits per heavy atom. The van der Waals surface area contributed by atoms with Crippen LogP contribution in [0.15, 0.2) is 46.2 Å². The van der Waals surface area contributed by atoms with Crippen LogP contribution in [0, 0.1) is 0 Å². The minimum Gasteiger partial charge on any atom is -0.376 e. The zero-order chi connectivity index (χ0) is 18.8. The molecule has 0 N–H and O–H groups in total. The van der Waals surface area contributed by atoms with E-state index in [0.29, 0.717) is 0 Å². The van der Waals surface area contributed by atoms with Gasteiger partial charge in [0.1, 0.15) is 5.76 Å². The molecule has 1 aromatic carbocycles. The second-order valence-electron chi connectivity index (χ2n) is 7.56. The van der Waals surface area contributed by atoms with Crippen LogP contribution in [0.2, 0.25) is 0 Å². The molecule has 2 aromatic heterocycles. The lowest BCUT2D eigenvalue weighted by atomic mass is 9.97. The van der Waals surface area contributed by atoms with E-state index in [1.807, 2.05) is 12.3 Å². The number of benzene rings is 1. The number of ether oxygens (including phenoxy) is 1. The van der Waals surface area contributed by atoms with Crippen LogP contribution < -0.4 is 0 Å². The van der Waals surface area contributed by atoms with Crippen LogP contribution in [0.25, 0.3) is 11.3 Å². The first kappa shape index (κ1) is 18.0. The van der Waals surface area contributed by atoms with Crippen molar-refractivity contribution in [3.8, 4) is 11.3 Å². The van der Waals surface area contributed by atoms with Gasteiger partial charge < -0.3 is 13.8 Å². The molecular weight excluding hydrogens is 370 g/mol. The summed E-state index contributed by atoms with van der Waals surface area (Å²) in [7, 11) is 0. The van der Waals surface area contributed by atoms with Crippen molar-refractivity contribution < 1.29 is 9.26 Å². The first-order chi connectivity index (χ1) is 13.9. The van der Waals surface area contributed by atoms with Gasteiger partial charge in [0.05, 0.1) is 30.2 Å². The highest BCUT2D eigenvalue weighted by atomic mass is 32.2. The average molecular weight is 396 g/mol. The molecule has 6 heteroatoms. The van der Waals surface area contributed by atoms with Gasteiger partial charge in [-0.15, -0.1) is 0 Å². The predicted octanol–water partition coefficient (Wildman–Crippen LogP) is 4.89. The number of hydrogen-bond donors (Lipinski definition) is 0. The monoisotopic (exact) mass is 395 g/mol.